The van der Waals surface area contributed by atoms with Crippen molar-refractivity contribution < 1.29 is 4.79 Å². The molecule has 160 valence electrons. The molecule has 4 aromatic rings. The summed E-state index contributed by atoms with van der Waals surface area (Å²) in [5.41, 5.74) is 5.48. The van der Waals surface area contributed by atoms with Crippen LogP contribution in [0.15, 0.2) is 84.9 Å². The molecule has 2 unspecified atom stereocenters. The third-order valence-corrected chi connectivity index (χ3v) is 6.05. The van der Waals surface area contributed by atoms with E-state index in [1.165, 1.54) is 11.1 Å². The number of nitrogens with one attached hydrogen (secondary N) is 3. The maximum atomic E-state index is 12.4. The number of pyridine rings is 1. The summed E-state index contributed by atoms with van der Waals surface area (Å²) >= 11 is 0. The molecule has 0 spiro atoms. The van der Waals surface area contributed by atoms with Crippen LogP contribution < -0.4 is 16.0 Å². The molecule has 3 N–H and O–H groups in total. The molecule has 0 bridgehead atoms. The van der Waals surface area contributed by atoms with Gasteiger partial charge in [0.1, 0.15) is 5.82 Å². The van der Waals surface area contributed by atoms with Crippen LogP contribution in [0.3, 0.4) is 0 Å². The number of hydrogen-bond donors (Lipinski definition) is 3. The maximum Gasteiger partial charge on any atom is 0.319 e. The molecule has 2 amide bonds. The van der Waals surface area contributed by atoms with Crippen LogP contribution in [0.1, 0.15) is 42.1 Å². The van der Waals surface area contributed by atoms with E-state index in [0.29, 0.717) is 6.04 Å². The standard InChI is InChI=1S/C27H26N4O/c1-18(19-7-3-2-4-8-19)28-27(32)29-22-13-15-24-21(17-22)12-16-26(30-24)31-25-14-11-20-9-5-6-10-23(20)25/h2-10,12-13,15-18,25H,11,14H2,1H3,(H,30,31)(H2,28,29,32). The molecule has 0 fully saturated rings. The molecule has 1 aromatic heterocycles. The Labute approximate surface area is 187 Å². The van der Waals surface area contributed by atoms with Crippen LogP contribution in [0.4, 0.5) is 16.3 Å². The number of urea groups is 1. The van der Waals surface area contributed by atoms with Gasteiger partial charge in [0.25, 0.3) is 0 Å². The summed E-state index contributed by atoms with van der Waals surface area (Å²) in [6, 6.07) is 28.3. The number of hydrogen-bond acceptors (Lipinski definition) is 3. The molecule has 1 heterocycles. The van der Waals surface area contributed by atoms with Crippen molar-refractivity contribution in [3.63, 3.8) is 0 Å². The van der Waals surface area contributed by atoms with Gasteiger partial charge in [-0.2, -0.15) is 0 Å². The number of fused-ring (bicyclic) bond motifs is 2. The van der Waals surface area contributed by atoms with Gasteiger partial charge >= 0.3 is 6.03 Å². The fraction of sp³-hybridized carbons (Fsp3) is 0.185. The predicted octanol–water partition coefficient (Wildman–Crippen LogP) is 6.22. The van der Waals surface area contributed by atoms with Crippen molar-refractivity contribution in [2.24, 2.45) is 0 Å². The minimum absolute atomic E-state index is 0.0762. The predicted molar refractivity (Wildman–Crippen MR) is 130 cm³/mol. The van der Waals surface area contributed by atoms with Crippen LogP contribution in [0, 0.1) is 0 Å². The monoisotopic (exact) mass is 422 g/mol. The zero-order valence-electron chi connectivity index (χ0n) is 18.0. The lowest BCUT2D eigenvalue weighted by atomic mass is 10.1. The third-order valence-electron chi connectivity index (χ3n) is 6.05. The maximum absolute atomic E-state index is 12.4. The Morgan fingerprint density at radius 2 is 1.78 bits per heavy atom. The van der Waals surface area contributed by atoms with Crippen molar-refractivity contribution in [2.75, 3.05) is 10.6 Å². The average molecular weight is 423 g/mol. The molecule has 1 aliphatic rings. The SMILES string of the molecule is CC(NC(=O)Nc1ccc2nc(NC3CCc4ccccc43)ccc2c1)c1ccccc1. The van der Waals surface area contributed by atoms with Gasteiger partial charge in [-0.15, -0.1) is 0 Å². The lowest BCUT2D eigenvalue weighted by molar-refractivity contribution is 0.249. The fourth-order valence-electron chi connectivity index (χ4n) is 4.36. The van der Waals surface area contributed by atoms with Crippen molar-refractivity contribution in [3.8, 4) is 0 Å². The van der Waals surface area contributed by atoms with Gasteiger partial charge in [0, 0.05) is 11.1 Å². The van der Waals surface area contributed by atoms with Gasteiger partial charge in [-0.1, -0.05) is 54.6 Å². The number of benzene rings is 3. The minimum Gasteiger partial charge on any atom is -0.363 e. The van der Waals surface area contributed by atoms with Crippen molar-refractivity contribution in [2.45, 2.75) is 31.8 Å². The normalized spacial score (nSPS) is 15.7. The number of nitrogens with zero attached hydrogens (tertiary/aromatic N) is 1. The van der Waals surface area contributed by atoms with Crippen LogP contribution in [0.5, 0.6) is 0 Å². The van der Waals surface area contributed by atoms with E-state index in [1.807, 2.05) is 67.6 Å². The lowest BCUT2D eigenvalue weighted by Crippen LogP contribution is -2.31. The van der Waals surface area contributed by atoms with Gasteiger partial charge in [0.15, 0.2) is 0 Å². The van der Waals surface area contributed by atoms with Gasteiger partial charge in [0.2, 0.25) is 0 Å². The molecule has 0 aliphatic heterocycles. The largest absolute Gasteiger partial charge is 0.363 e. The van der Waals surface area contributed by atoms with E-state index in [0.717, 1.165) is 40.8 Å². The van der Waals surface area contributed by atoms with Crippen molar-refractivity contribution in [1.29, 1.82) is 0 Å². The molecule has 3 aromatic carbocycles. The Balaban J connectivity index is 1.25. The second kappa shape index (κ2) is 8.71. The van der Waals surface area contributed by atoms with Gasteiger partial charge in [-0.05, 0) is 66.8 Å². The summed E-state index contributed by atoms with van der Waals surface area (Å²) in [7, 11) is 0. The average Bonchev–Trinajstić information content (AvgIpc) is 3.22. The molecule has 0 saturated carbocycles. The Morgan fingerprint density at radius 3 is 2.66 bits per heavy atom. The van der Waals surface area contributed by atoms with Crippen molar-refractivity contribution in [1.82, 2.24) is 10.3 Å². The lowest BCUT2D eigenvalue weighted by Gasteiger charge is -2.16. The fourth-order valence-corrected chi connectivity index (χ4v) is 4.36. The van der Waals surface area contributed by atoms with E-state index >= 15 is 0 Å². The van der Waals surface area contributed by atoms with Crippen LogP contribution in [0.2, 0.25) is 0 Å². The van der Waals surface area contributed by atoms with E-state index in [1.54, 1.807) is 0 Å². The number of anilines is 2. The van der Waals surface area contributed by atoms with Crippen LogP contribution in [0.25, 0.3) is 10.9 Å². The summed E-state index contributed by atoms with van der Waals surface area (Å²) in [5.74, 6) is 0.870. The highest BCUT2D eigenvalue weighted by atomic mass is 16.2. The number of carbonyl (C=O) groups excluding carboxylic acids is 1. The number of aryl methyl sites for hydroxylation is 1. The summed E-state index contributed by atoms with van der Waals surface area (Å²) < 4.78 is 0. The van der Waals surface area contributed by atoms with Gasteiger partial charge < -0.3 is 16.0 Å². The highest BCUT2D eigenvalue weighted by molar-refractivity contribution is 5.93. The zero-order chi connectivity index (χ0) is 21.9. The van der Waals surface area contributed by atoms with E-state index < -0.39 is 0 Å². The molecular formula is C27H26N4O. The third kappa shape index (κ3) is 4.28. The van der Waals surface area contributed by atoms with Gasteiger partial charge in [0.05, 0.1) is 17.6 Å². The molecule has 5 heteroatoms. The zero-order valence-corrected chi connectivity index (χ0v) is 18.0. The van der Waals surface area contributed by atoms with Gasteiger partial charge in [-0.3, -0.25) is 0 Å². The second-order valence-electron chi connectivity index (χ2n) is 8.27. The minimum atomic E-state index is -0.230. The smallest absolute Gasteiger partial charge is 0.319 e. The van der Waals surface area contributed by atoms with E-state index in [4.69, 9.17) is 4.98 Å². The molecule has 2 atom stereocenters. The number of rotatable bonds is 5. The van der Waals surface area contributed by atoms with Crippen LogP contribution in [-0.2, 0) is 6.42 Å². The molecule has 32 heavy (non-hydrogen) atoms. The summed E-state index contributed by atoms with van der Waals surface area (Å²) in [5, 5.41) is 10.5. The number of amides is 2. The van der Waals surface area contributed by atoms with Crippen molar-refractivity contribution >= 4 is 28.4 Å². The highest BCUT2D eigenvalue weighted by Gasteiger charge is 2.22. The summed E-state index contributed by atoms with van der Waals surface area (Å²) in [4.78, 5) is 17.2. The van der Waals surface area contributed by atoms with Crippen molar-refractivity contribution in [3.05, 3.63) is 102 Å². The van der Waals surface area contributed by atoms with E-state index in [9.17, 15) is 4.79 Å². The molecule has 1 aliphatic carbocycles. The first kappa shape index (κ1) is 20.1. The number of carbonyl (C=O) groups is 1. The molecule has 5 rings (SSSR count). The summed E-state index contributed by atoms with van der Waals surface area (Å²) in [6.07, 6.45) is 2.18. The Hall–Kier alpha value is -3.86. The highest BCUT2D eigenvalue weighted by Crippen LogP contribution is 2.33. The quantitative estimate of drug-likeness (QED) is 0.358. The number of aromatic nitrogens is 1. The van der Waals surface area contributed by atoms with Crippen LogP contribution in [-0.4, -0.2) is 11.0 Å². The molecular weight excluding hydrogens is 396 g/mol. The van der Waals surface area contributed by atoms with E-state index in [-0.39, 0.29) is 12.1 Å². The first-order valence-corrected chi connectivity index (χ1v) is 11.0. The molecule has 5 nitrogen and oxygen atoms in total. The first-order chi connectivity index (χ1) is 15.7. The summed E-state index contributed by atoms with van der Waals surface area (Å²) in [6.45, 7) is 1.97. The topological polar surface area (TPSA) is 66.0 Å². The Kier molecular flexibility index (Phi) is 5.46. The Morgan fingerprint density at radius 1 is 0.969 bits per heavy atom. The van der Waals surface area contributed by atoms with E-state index in [2.05, 4.69) is 40.2 Å². The Bertz CT molecular complexity index is 1250. The molecule has 0 saturated heterocycles. The molecule has 0 radical (unpaired) electrons. The second-order valence-corrected chi connectivity index (χ2v) is 8.27. The van der Waals surface area contributed by atoms with Crippen LogP contribution >= 0.6 is 0 Å². The first-order valence-electron chi connectivity index (χ1n) is 11.0. The van der Waals surface area contributed by atoms with Gasteiger partial charge in [-0.25, -0.2) is 9.78 Å².